The van der Waals surface area contributed by atoms with Gasteiger partial charge in [-0.2, -0.15) is 4.57 Å². The molecule has 1 aromatic carbocycles. The van der Waals surface area contributed by atoms with Crippen molar-refractivity contribution in [3.63, 3.8) is 0 Å². The van der Waals surface area contributed by atoms with E-state index in [1.54, 1.807) is 7.11 Å². The van der Waals surface area contributed by atoms with Crippen LogP contribution in [0.2, 0.25) is 0 Å². The fourth-order valence-electron chi connectivity index (χ4n) is 2.46. The highest BCUT2D eigenvalue weighted by Crippen LogP contribution is 2.28. The SMILES string of the molecule is CC.CC.COc1ccccc1-c1cccc(C(C)(C)C)[n+]1C. The standard InChI is InChI=1S/C17H22NO.2C2H6/c1-17(2,3)16-12-8-10-14(18(16)4)13-9-6-7-11-15(13)19-5;2*1-2/h6-12H,1-5H3;2*1-2H3/q+1;;. The third-order valence-electron chi connectivity index (χ3n) is 3.38. The highest BCUT2D eigenvalue weighted by Gasteiger charge is 2.26. The number of hydrogen-bond donors (Lipinski definition) is 0. The van der Waals surface area contributed by atoms with Crippen molar-refractivity contribution in [2.24, 2.45) is 7.05 Å². The van der Waals surface area contributed by atoms with Crippen molar-refractivity contribution < 1.29 is 9.30 Å². The van der Waals surface area contributed by atoms with E-state index < -0.39 is 0 Å². The predicted octanol–water partition coefficient (Wildman–Crippen LogP) is 5.54. The molecule has 2 heteroatoms. The molecule has 0 radical (unpaired) electrons. The first-order valence-corrected chi connectivity index (χ1v) is 8.58. The van der Waals surface area contributed by atoms with Gasteiger partial charge in [0.2, 0.25) is 5.69 Å². The van der Waals surface area contributed by atoms with Gasteiger partial charge in [0.05, 0.1) is 12.7 Å². The maximum Gasteiger partial charge on any atom is 0.216 e. The van der Waals surface area contributed by atoms with Gasteiger partial charge in [-0.3, -0.25) is 0 Å². The van der Waals surface area contributed by atoms with E-state index in [0.29, 0.717) is 0 Å². The van der Waals surface area contributed by atoms with E-state index in [1.165, 1.54) is 11.4 Å². The Kier molecular flexibility index (Phi) is 9.24. The molecule has 0 bridgehead atoms. The molecule has 0 N–H and O–H groups in total. The lowest BCUT2D eigenvalue weighted by Crippen LogP contribution is -2.41. The normalized spacial score (nSPS) is 9.96. The molecule has 0 aliphatic heterocycles. The molecule has 0 aliphatic carbocycles. The lowest BCUT2D eigenvalue weighted by Gasteiger charge is -2.17. The zero-order chi connectivity index (χ0) is 18.0. The van der Waals surface area contributed by atoms with Crippen LogP contribution in [0.5, 0.6) is 5.75 Å². The summed E-state index contributed by atoms with van der Waals surface area (Å²) in [6.07, 6.45) is 0. The maximum atomic E-state index is 5.47. The summed E-state index contributed by atoms with van der Waals surface area (Å²) in [4.78, 5) is 0. The van der Waals surface area contributed by atoms with E-state index in [4.69, 9.17) is 4.74 Å². The first-order chi connectivity index (χ1) is 10.9. The van der Waals surface area contributed by atoms with E-state index >= 15 is 0 Å². The zero-order valence-electron chi connectivity index (χ0n) is 16.4. The summed E-state index contributed by atoms with van der Waals surface area (Å²) in [7, 11) is 3.83. The number of rotatable bonds is 2. The summed E-state index contributed by atoms with van der Waals surface area (Å²) in [5.41, 5.74) is 3.71. The minimum Gasteiger partial charge on any atom is -0.496 e. The summed E-state index contributed by atoms with van der Waals surface area (Å²) < 4.78 is 7.71. The molecule has 128 valence electrons. The number of aromatic nitrogens is 1. The second-order valence-electron chi connectivity index (χ2n) is 5.81. The van der Waals surface area contributed by atoms with Crippen LogP contribution in [0, 0.1) is 0 Å². The first kappa shape index (κ1) is 21.2. The van der Waals surface area contributed by atoms with E-state index in [9.17, 15) is 0 Å². The summed E-state index contributed by atoms with van der Waals surface area (Å²) in [5.74, 6) is 0.907. The second-order valence-corrected chi connectivity index (χ2v) is 5.81. The Morgan fingerprint density at radius 3 is 1.91 bits per heavy atom. The Balaban J connectivity index is 0.00000112. The van der Waals surface area contributed by atoms with Gasteiger partial charge in [-0.1, -0.05) is 60.6 Å². The van der Waals surface area contributed by atoms with Crippen molar-refractivity contribution >= 4 is 0 Å². The molecule has 0 amide bonds. The fourth-order valence-corrected chi connectivity index (χ4v) is 2.46. The van der Waals surface area contributed by atoms with Gasteiger partial charge in [0.15, 0.2) is 5.69 Å². The Morgan fingerprint density at radius 2 is 1.39 bits per heavy atom. The Hall–Kier alpha value is -1.83. The fraction of sp³-hybridized carbons (Fsp3) is 0.476. The highest BCUT2D eigenvalue weighted by molar-refractivity contribution is 5.64. The second kappa shape index (κ2) is 10.0. The quantitative estimate of drug-likeness (QED) is 0.663. The topological polar surface area (TPSA) is 13.1 Å². The van der Waals surface area contributed by atoms with Gasteiger partial charge in [0.1, 0.15) is 12.8 Å². The third kappa shape index (κ3) is 5.38. The van der Waals surface area contributed by atoms with E-state index in [0.717, 1.165) is 11.3 Å². The van der Waals surface area contributed by atoms with Gasteiger partial charge in [-0.15, -0.1) is 0 Å². The van der Waals surface area contributed by atoms with Crippen molar-refractivity contribution in [1.82, 2.24) is 0 Å². The molecule has 0 aliphatic rings. The number of para-hydroxylation sites is 1. The van der Waals surface area contributed by atoms with Gasteiger partial charge in [-0.05, 0) is 18.2 Å². The van der Waals surface area contributed by atoms with Crippen molar-refractivity contribution in [1.29, 1.82) is 0 Å². The number of ether oxygens (including phenoxy) is 1. The largest absolute Gasteiger partial charge is 0.496 e. The monoisotopic (exact) mass is 316 g/mol. The predicted molar refractivity (Wildman–Crippen MR) is 101 cm³/mol. The molecule has 0 spiro atoms. The van der Waals surface area contributed by atoms with Crippen LogP contribution in [0.3, 0.4) is 0 Å². The molecule has 23 heavy (non-hydrogen) atoms. The Bertz CT molecular complexity index is 583. The lowest BCUT2D eigenvalue weighted by molar-refractivity contribution is -0.671. The molecule has 0 saturated carbocycles. The molecule has 2 nitrogen and oxygen atoms in total. The molecule has 1 aromatic heterocycles. The molecular weight excluding hydrogens is 282 g/mol. The summed E-state index contributed by atoms with van der Waals surface area (Å²) in [6, 6.07) is 14.6. The minimum absolute atomic E-state index is 0.118. The van der Waals surface area contributed by atoms with Crippen LogP contribution in [0.1, 0.15) is 54.2 Å². The Labute approximate surface area is 143 Å². The maximum absolute atomic E-state index is 5.47. The van der Waals surface area contributed by atoms with Gasteiger partial charge >= 0.3 is 0 Å². The smallest absolute Gasteiger partial charge is 0.216 e. The summed E-state index contributed by atoms with van der Waals surface area (Å²) in [5, 5.41) is 0. The van der Waals surface area contributed by atoms with Crippen LogP contribution in [0.25, 0.3) is 11.3 Å². The van der Waals surface area contributed by atoms with Crippen molar-refractivity contribution in [3.8, 4) is 17.0 Å². The van der Waals surface area contributed by atoms with E-state index in [2.05, 4.69) is 56.7 Å². The van der Waals surface area contributed by atoms with Gasteiger partial charge in [0, 0.05) is 17.5 Å². The van der Waals surface area contributed by atoms with Crippen molar-refractivity contribution in [2.45, 2.75) is 53.9 Å². The first-order valence-electron chi connectivity index (χ1n) is 8.58. The molecule has 2 aromatic rings. The molecule has 0 unspecified atom stereocenters. The average Bonchev–Trinajstić information content (AvgIpc) is 2.57. The molecule has 1 heterocycles. The lowest BCUT2D eigenvalue weighted by atomic mass is 9.90. The zero-order valence-corrected chi connectivity index (χ0v) is 16.4. The molecule has 2 rings (SSSR count). The summed E-state index contributed by atoms with van der Waals surface area (Å²) >= 11 is 0. The number of hydrogen-bond acceptors (Lipinski definition) is 1. The number of nitrogens with zero attached hydrogens (tertiary/aromatic N) is 1. The molecular formula is C21H34NO+. The molecule has 0 fully saturated rings. The molecule has 0 atom stereocenters. The van der Waals surface area contributed by atoms with Crippen molar-refractivity contribution in [3.05, 3.63) is 48.2 Å². The van der Waals surface area contributed by atoms with Crippen LogP contribution in [0.4, 0.5) is 0 Å². The van der Waals surface area contributed by atoms with Gasteiger partial charge < -0.3 is 4.74 Å². The van der Waals surface area contributed by atoms with Crippen LogP contribution < -0.4 is 9.30 Å². The average molecular weight is 317 g/mol. The van der Waals surface area contributed by atoms with Crippen molar-refractivity contribution in [2.75, 3.05) is 7.11 Å². The van der Waals surface area contributed by atoms with Gasteiger partial charge in [0.25, 0.3) is 0 Å². The van der Waals surface area contributed by atoms with Crippen LogP contribution >= 0.6 is 0 Å². The third-order valence-corrected chi connectivity index (χ3v) is 3.38. The van der Waals surface area contributed by atoms with Gasteiger partial charge in [-0.25, -0.2) is 0 Å². The van der Waals surface area contributed by atoms with Crippen LogP contribution in [-0.4, -0.2) is 7.11 Å². The highest BCUT2D eigenvalue weighted by atomic mass is 16.5. The van der Waals surface area contributed by atoms with E-state index in [1.807, 2.05) is 45.9 Å². The molecule has 0 saturated heterocycles. The van der Waals surface area contributed by atoms with E-state index in [-0.39, 0.29) is 5.41 Å². The number of pyridine rings is 1. The van der Waals surface area contributed by atoms with Crippen LogP contribution in [-0.2, 0) is 12.5 Å². The Morgan fingerprint density at radius 1 is 0.826 bits per heavy atom. The van der Waals surface area contributed by atoms with Crippen LogP contribution in [0.15, 0.2) is 42.5 Å². The summed E-state index contributed by atoms with van der Waals surface area (Å²) in [6.45, 7) is 14.7. The minimum atomic E-state index is 0.118. The number of methoxy groups -OCH3 is 1. The number of benzene rings is 1.